The Balaban J connectivity index is 2.61. The molecule has 0 aliphatic carbocycles. The summed E-state index contributed by atoms with van der Waals surface area (Å²) in [6.45, 7) is 2.62. The summed E-state index contributed by atoms with van der Waals surface area (Å²) in [5, 5.41) is 14.0. The average Bonchev–Trinajstić information content (AvgIpc) is 2.51. The lowest BCUT2D eigenvalue weighted by Gasteiger charge is -1.99. The first-order valence-corrected chi connectivity index (χ1v) is 4.20. The van der Waals surface area contributed by atoms with Gasteiger partial charge in [-0.05, 0) is 12.5 Å². The first-order chi connectivity index (χ1) is 6.33. The highest BCUT2D eigenvalue weighted by Gasteiger charge is 2.03. The molecule has 2 heterocycles. The van der Waals surface area contributed by atoms with E-state index in [1.807, 2.05) is 19.3 Å². The Hall–Kier alpha value is -1.42. The van der Waals surface area contributed by atoms with Crippen molar-refractivity contribution in [3.8, 4) is 0 Å². The highest BCUT2D eigenvalue weighted by molar-refractivity contribution is 5.80. The van der Waals surface area contributed by atoms with Crippen LogP contribution >= 0.6 is 0 Å². The molecule has 0 spiro atoms. The van der Waals surface area contributed by atoms with Gasteiger partial charge < -0.3 is 5.11 Å². The number of rotatable bonds is 2. The van der Waals surface area contributed by atoms with Crippen LogP contribution in [0.15, 0.2) is 18.6 Å². The molecule has 4 nitrogen and oxygen atoms in total. The largest absolute Gasteiger partial charge is 0.394 e. The normalized spacial score (nSPS) is 10.9. The SMILES string of the molecule is Cc1cncc2c1cnn2CCO. The Bertz CT molecular complexity index is 422. The number of pyridine rings is 1. The fourth-order valence-corrected chi connectivity index (χ4v) is 1.40. The van der Waals surface area contributed by atoms with E-state index in [9.17, 15) is 0 Å². The van der Waals surface area contributed by atoms with E-state index in [1.165, 1.54) is 0 Å². The number of hydrogen-bond acceptors (Lipinski definition) is 3. The summed E-state index contributed by atoms with van der Waals surface area (Å²) < 4.78 is 1.76. The van der Waals surface area contributed by atoms with E-state index in [1.54, 1.807) is 10.9 Å². The lowest BCUT2D eigenvalue weighted by Crippen LogP contribution is -2.03. The van der Waals surface area contributed by atoms with Gasteiger partial charge in [-0.3, -0.25) is 9.67 Å². The van der Waals surface area contributed by atoms with Gasteiger partial charge in [-0.2, -0.15) is 5.10 Å². The third kappa shape index (κ3) is 1.29. The quantitative estimate of drug-likeness (QED) is 0.735. The molecule has 0 saturated heterocycles. The second kappa shape index (κ2) is 3.14. The predicted molar refractivity (Wildman–Crippen MR) is 49.4 cm³/mol. The second-order valence-electron chi connectivity index (χ2n) is 2.98. The van der Waals surface area contributed by atoms with E-state index in [4.69, 9.17) is 5.11 Å². The van der Waals surface area contributed by atoms with Crippen molar-refractivity contribution in [2.45, 2.75) is 13.5 Å². The minimum atomic E-state index is 0.102. The molecule has 2 rings (SSSR count). The zero-order valence-corrected chi connectivity index (χ0v) is 7.44. The fourth-order valence-electron chi connectivity index (χ4n) is 1.40. The Labute approximate surface area is 75.8 Å². The summed E-state index contributed by atoms with van der Waals surface area (Å²) in [5.41, 5.74) is 2.09. The molecule has 1 N–H and O–H groups in total. The maximum atomic E-state index is 8.79. The molecule has 0 unspecified atom stereocenters. The molecule has 0 aliphatic heterocycles. The van der Waals surface area contributed by atoms with Gasteiger partial charge in [-0.1, -0.05) is 0 Å². The van der Waals surface area contributed by atoms with Gasteiger partial charge in [0.05, 0.1) is 31.1 Å². The minimum Gasteiger partial charge on any atom is -0.394 e. The van der Waals surface area contributed by atoms with Crippen molar-refractivity contribution in [3.63, 3.8) is 0 Å². The highest BCUT2D eigenvalue weighted by Crippen LogP contribution is 2.15. The first-order valence-electron chi connectivity index (χ1n) is 4.20. The number of aromatic nitrogens is 3. The third-order valence-corrected chi connectivity index (χ3v) is 2.08. The standard InChI is InChI=1S/C9H11N3O/c1-7-4-10-6-9-8(7)5-11-12(9)2-3-13/h4-6,13H,2-3H2,1H3. The zero-order chi connectivity index (χ0) is 9.26. The summed E-state index contributed by atoms with van der Waals surface area (Å²) >= 11 is 0. The molecular weight excluding hydrogens is 166 g/mol. The summed E-state index contributed by atoms with van der Waals surface area (Å²) in [6.07, 6.45) is 5.39. The number of aliphatic hydroxyl groups excluding tert-OH is 1. The maximum Gasteiger partial charge on any atom is 0.0869 e. The summed E-state index contributed by atoms with van der Waals surface area (Å²) in [5.74, 6) is 0. The lowest BCUT2D eigenvalue weighted by molar-refractivity contribution is 0.271. The fraction of sp³-hybridized carbons (Fsp3) is 0.333. The summed E-state index contributed by atoms with van der Waals surface area (Å²) in [4.78, 5) is 4.09. The molecule has 0 aromatic carbocycles. The van der Waals surface area contributed by atoms with Crippen LogP contribution in [0, 0.1) is 6.92 Å². The lowest BCUT2D eigenvalue weighted by atomic mass is 10.2. The van der Waals surface area contributed by atoms with Crippen molar-refractivity contribution in [2.24, 2.45) is 0 Å². The van der Waals surface area contributed by atoms with Crippen molar-refractivity contribution in [1.82, 2.24) is 14.8 Å². The molecule has 0 radical (unpaired) electrons. The van der Waals surface area contributed by atoms with E-state index in [0.29, 0.717) is 6.54 Å². The molecule has 0 amide bonds. The Morgan fingerprint density at radius 1 is 1.38 bits per heavy atom. The van der Waals surface area contributed by atoms with Crippen LogP contribution in [-0.4, -0.2) is 26.5 Å². The van der Waals surface area contributed by atoms with Gasteiger partial charge in [0.2, 0.25) is 0 Å². The van der Waals surface area contributed by atoms with Crippen LogP contribution in [0.4, 0.5) is 0 Å². The van der Waals surface area contributed by atoms with Crippen LogP contribution in [-0.2, 0) is 6.54 Å². The van der Waals surface area contributed by atoms with E-state index in [0.717, 1.165) is 16.5 Å². The van der Waals surface area contributed by atoms with Crippen LogP contribution in [0.1, 0.15) is 5.56 Å². The van der Waals surface area contributed by atoms with Crippen LogP contribution < -0.4 is 0 Å². The van der Waals surface area contributed by atoms with E-state index in [-0.39, 0.29) is 6.61 Å². The van der Waals surface area contributed by atoms with Gasteiger partial charge in [0.1, 0.15) is 0 Å². The van der Waals surface area contributed by atoms with Crippen molar-refractivity contribution < 1.29 is 5.11 Å². The molecule has 0 aliphatic rings. The second-order valence-corrected chi connectivity index (χ2v) is 2.98. The Kier molecular flexibility index (Phi) is 1.98. The monoisotopic (exact) mass is 177 g/mol. The number of aliphatic hydroxyl groups is 1. The van der Waals surface area contributed by atoms with Crippen LogP contribution in [0.5, 0.6) is 0 Å². The number of hydrogen-bond donors (Lipinski definition) is 1. The van der Waals surface area contributed by atoms with Gasteiger partial charge >= 0.3 is 0 Å². The molecular formula is C9H11N3O. The number of nitrogens with zero attached hydrogens (tertiary/aromatic N) is 3. The van der Waals surface area contributed by atoms with Crippen molar-refractivity contribution >= 4 is 10.9 Å². The summed E-state index contributed by atoms with van der Waals surface area (Å²) in [7, 11) is 0. The Morgan fingerprint density at radius 3 is 3.00 bits per heavy atom. The topological polar surface area (TPSA) is 50.9 Å². The average molecular weight is 177 g/mol. The molecule has 0 atom stereocenters. The predicted octanol–water partition coefficient (Wildman–Crippen LogP) is 0.732. The number of aryl methyl sites for hydroxylation is 1. The summed E-state index contributed by atoms with van der Waals surface area (Å²) in [6, 6.07) is 0. The van der Waals surface area contributed by atoms with Gasteiger partial charge in [0, 0.05) is 11.6 Å². The maximum absolute atomic E-state index is 8.79. The van der Waals surface area contributed by atoms with Crippen LogP contribution in [0.3, 0.4) is 0 Å². The van der Waals surface area contributed by atoms with E-state index < -0.39 is 0 Å². The van der Waals surface area contributed by atoms with E-state index >= 15 is 0 Å². The van der Waals surface area contributed by atoms with Crippen LogP contribution in [0.2, 0.25) is 0 Å². The van der Waals surface area contributed by atoms with Crippen molar-refractivity contribution in [1.29, 1.82) is 0 Å². The molecule has 2 aromatic rings. The molecule has 4 heteroatoms. The smallest absolute Gasteiger partial charge is 0.0869 e. The minimum absolute atomic E-state index is 0.102. The highest BCUT2D eigenvalue weighted by atomic mass is 16.3. The molecule has 68 valence electrons. The number of fused-ring (bicyclic) bond motifs is 1. The molecule has 2 aromatic heterocycles. The Morgan fingerprint density at radius 2 is 2.23 bits per heavy atom. The first kappa shape index (κ1) is 8.19. The van der Waals surface area contributed by atoms with Crippen molar-refractivity contribution in [2.75, 3.05) is 6.61 Å². The molecule has 0 bridgehead atoms. The zero-order valence-electron chi connectivity index (χ0n) is 7.44. The van der Waals surface area contributed by atoms with Gasteiger partial charge in [0.25, 0.3) is 0 Å². The van der Waals surface area contributed by atoms with E-state index in [2.05, 4.69) is 10.1 Å². The third-order valence-electron chi connectivity index (χ3n) is 2.08. The van der Waals surface area contributed by atoms with Gasteiger partial charge in [0.15, 0.2) is 0 Å². The van der Waals surface area contributed by atoms with Gasteiger partial charge in [-0.15, -0.1) is 0 Å². The molecule has 0 saturated carbocycles. The van der Waals surface area contributed by atoms with Crippen LogP contribution in [0.25, 0.3) is 10.9 Å². The molecule has 0 fully saturated rings. The van der Waals surface area contributed by atoms with Crippen molar-refractivity contribution in [3.05, 3.63) is 24.2 Å². The molecule has 13 heavy (non-hydrogen) atoms. The van der Waals surface area contributed by atoms with Gasteiger partial charge in [-0.25, -0.2) is 0 Å².